The van der Waals surface area contributed by atoms with Crippen molar-refractivity contribution >= 4 is 23.2 Å². The van der Waals surface area contributed by atoms with Crippen molar-refractivity contribution in [1.82, 2.24) is 4.90 Å². The molecular formula is C29H30ClFN2O. The molecule has 1 spiro atoms. The lowest BCUT2D eigenvalue weighted by atomic mass is 9.74. The van der Waals surface area contributed by atoms with Crippen LogP contribution in [0.4, 0.5) is 10.1 Å². The van der Waals surface area contributed by atoms with Crippen LogP contribution < -0.4 is 4.90 Å². The van der Waals surface area contributed by atoms with Crippen molar-refractivity contribution in [3.05, 3.63) is 99.3 Å². The molecule has 0 unspecified atom stereocenters. The zero-order valence-electron chi connectivity index (χ0n) is 19.8. The molecule has 0 aromatic heterocycles. The quantitative estimate of drug-likeness (QED) is 0.446. The van der Waals surface area contributed by atoms with E-state index < -0.39 is 0 Å². The maximum absolute atomic E-state index is 14.3. The van der Waals surface area contributed by atoms with E-state index in [-0.39, 0.29) is 17.1 Å². The molecule has 0 bridgehead atoms. The van der Waals surface area contributed by atoms with Crippen molar-refractivity contribution in [3.63, 3.8) is 0 Å². The number of carbonyl (C=O) groups excluding carboxylic acids is 1. The van der Waals surface area contributed by atoms with Gasteiger partial charge in [0.15, 0.2) is 0 Å². The fraction of sp³-hybridized carbons (Fsp3) is 0.345. The fourth-order valence-corrected chi connectivity index (χ4v) is 5.85. The molecule has 5 rings (SSSR count). The molecule has 2 aliphatic heterocycles. The van der Waals surface area contributed by atoms with Gasteiger partial charge in [-0.15, -0.1) is 0 Å². The first-order valence-electron chi connectivity index (χ1n) is 12.0. The molecule has 3 nitrogen and oxygen atoms in total. The van der Waals surface area contributed by atoms with E-state index in [0.29, 0.717) is 18.0 Å². The van der Waals surface area contributed by atoms with Gasteiger partial charge in [-0.1, -0.05) is 53.1 Å². The summed E-state index contributed by atoms with van der Waals surface area (Å²) in [5.74, 6) is -0.187. The molecule has 5 heteroatoms. The largest absolute Gasteiger partial charge is 0.311 e. The Morgan fingerprint density at radius 3 is 2.29 bits per heavy atom. The number of aryl methyl sites for hydroxylation is 2. The molecule has 0 saturated carbocycles. The molecule has 0 N–H and O–H groups in total. The number of fused-ring (bicyclic) bond motifs is 2. The number of piperidine rings is 1. The van der Waals surface area contributed by atoms with E-state index in [1.165, 1.54) is 22.8 Å². The Balaban J connectivity index is 1.34. The third kappa shape index (κ3) is 4.62. The number of halogens is 2. The molecule has 1 amide bonds. The lowest BCUT2D eigenvalue weighted by Gasteiger charge is -2.40. The molecule has 176 valence electrons. The second-order valence-electron chi connectivity index (χ2n) is 10.00. The van der Waals surface area contributed by atoms with Gasteiger partial charge in [-0.3, -0.25) is 9.69 Å². The highest BCUT2D eigenvalue weighted by Crippen LogP contribution is 2.47. The Kier molecular flexibility index (Phi) is 6.22. The average Bonchev–Trinajstić information content (AvgIpc) is 3.10. The number of hydrogen-bond acceptors (Lipinski definition) is 2. The SMILES string of the molecule is Cc1cc(C)cc(CN2CCC3(CC2)CN(C(=O)Cc2ccc(Cl)cc2)c2ccc(F)cc23)c1. The zero-order chi connectivity index (χ0) is 23.9. The smallest absolute Gasteiger partial charge is 0.231 e. The number of rotatable bonds is 4. The van der Waals surface area contributed by atoms with Crippen LogP contribution in [0, 0.1) is 19.7 Å². The van der Waals surface area contributed by atoms with E-state index in [1.54, 1.807) is 12.1 Å². The summed E-state index contributed by atoms with van der Waals surface area (Å²) < 4.78 is 14.3. The zero-order valence-corrected chi connectivity index (χ0v) is 20.5. The summed E-state index contributed by atoms with van der Waals surface area (Å²) in [4.78, 5) is 17.7. The first-order chi connectivity index (χ1) is 16.3. The molecule has 3 aromatic carbocycles. The third-order valence-corrected chi connectivity index (χ3v) is 7.60. The van der Waals surface area contributed by atoms with Crippen molar-refractivity contribution in [3.8, 4) is 0 Å². The first kappa shape index (κ1) is 23.1. The topological polar surface area (TPSA) is 23.6 Å². The van der Waals surface area contributed by atoms with E-state index in [1.807, 2.05) is 29.2 Å². The maximum Gasteiger partial charge on any atom is 0.231 e. The van der Waals surface area contributed by atoms with Crippen LogP contribution in [0.25, 0.3) is 0 Å². The van der Waals surface area contributed by atoms with Crippen LogP contribution in [-0.2, 0) is 23.2 Å². The second kappa shape index (κ2) is 9.16. The number of hydrogen-bond donors (Lipinski definition) is 0. The lowest BCUT2D eigenvalue weighted by molar-refractivity contribution is -0.118. The van der Waals surface area contributed by atoms with Gasteiger partial charge in [-0.05, 0) is 86.8 Å². The van der Waals surface area contributed by atoms with Gasteiger partial charge in [0.05, 0.1) is 6.42 Å². The van der Waals surface area contributed by atoms with Crippen LogP contribution in [0.15, 0.2) is 60.7 Å². The van der Waals surface area contributed by atoms with Crippen molar-refractivity contribution < 1.29 is 9.18 Å². The highest BCUT2D eigenvalue weighted by molar-refractivity contribution is 6.30. The normalized spacial score (nSPS) is 17.2. The van der Waals surface area contributed by atoms with Crippen LogP contribution in [0.5, 0.6) is 0 Å². The highest BCUT2D eigenvalue weighted by atomic mass is 35.5. The maximum atomic E-state index is 14.3. The minimum atomic E-state index is -0.234. The molecule has 0 radical (unpaired) electrons. The van der Waals surface area contributed by atoms with Crippen molar-refractivity contribution in [2.45, 2.75) is 45.1 Å². The molecule has 0 aliphatic carbocycles. The standard InChI is InChI=1S/C29H30ClFN2O/c1-20-13-21(2)15-23(14-20)18-32-11-9-29(10-12-32)19-33(27-8-7-25(31)17-26(27)29)28(34)16-22-3-5-24(30)6-4-22/h3-8,13-15,17H,9-12,16,18-19H2,1-2H3. The number of likely N-dealkylation sites (tertiary alicyclic amines) is 1. The van der Waals surface area contributed by atoms with Crippen molar-refractivity contribution in [1.29, 1.82) is 0 Å². The Bertz CT molecular complexity index is 1200. The Morgan fingerprint density at radius 2 is 1.62 bits per heavy atom. The Labute approximate surface area is 206 Å². The van der Waals surface area contributed by atoms with Gasteiger partial charge in [0.2, 0.25) is 5.91 Å². The van der Waals surface area contributed by atoms with Gasteiger partial charge in [-0.2, -0.15) is 0 Å². The van der Waals surface area contributed by atoms with Crippen molar-refractivity contribution in [2.75, 3.05) is 24.5 Å². The van der Waals surface area contributed by atoms with Crippen molar-refractivity contribution in [2.24, 2.45) is 0 Å². The average molecular weight is 477 g/mol. The van der Waals surface area contributed by atoms with Crippen LogP contribution in [0.1, 0.15) is 40.7 Å². The third-order valence-electron chi connectivity index (χ3n) is 7.35. The molecule has 2 heterocycles. The van der Waals surface area contributed by atoms with Crippen LogP contribution in [-0.4, -0.2) is 30.4 Å². The summed E-state index contributed by atoms with van der Waals surface area (Å²) in [6.45, 7) is 7.69. The van der Waals surface area contributed by atoms with E-state index in [0.717, 1.165) is 49.3 Å². The minimum Gasteiger partial charge on any atom is -0.311 e. The lowest BCUT2D eigenvalue weighted by Crippen LogP contribution is -2.46. The van der Waals surface area contributed by atoms with E-state index in [4.69, 9.17) is 11.6 Å². The predicted molar refractivity (Wildman–Crippen MR) is 136 cm³/mol. The molecule has 34 heavy (non-hydrogen) atoms. The fourth-order valence-electron chi connectivity index (χ4n) is 5.72. The number of amides is 1. The van der Waals surface area contributed by atoms with Gasteiger partial charge in [0, 0.05) is 29.2 Å². The number of carbonyl (C=O) groups is 1. The molecule has 1 fully saturated rings. The summed E-state index contributed by atoms with van der Waals surface area (Å²) in [5.41, 5.74) is 6.52. The van der Waals surface area contributed by atoms with Gasteiger partial charge in [0.1, 0.15) is 5.82 Å². The molecule has 1 saturated heterocycles. The van der Waals surface area contributed by atoms with E-state index >= 15 is 0 Å². The Hall–Kier alpha value is -2.69. The van der Waals surface area contributed by atoms with Gasteiger partial charge in [0.25, 0.3) is 0 Å². The summed E-state index contributed by atoms with van der Waals surface area (Å²) in [7, 11) is 0. The van der Waals surface area contributed by atoms with E-state index in [2.05, 4.69) is 36.9 Å². The van der Waals surface area contributed by atoms with E-state index in [9.17, 15) is 9.18 Å². The van der Waals surface area contributed by atoms with Crippen LogP contribution >= 0.6 is 11.6 Å². The first-order valence-corrected chi connectivity index (χ1v) is 12.3. The molecule has 2 aliphatic rings. The summed E-state index contributed by atoms with van der Waals surface area (Å²) in [5, 5.41) is 0.657. The monoisotopic (exact) mass is 476 g/mol. The summed E-state index contributed by atoms with van der Waals surface area (Å²) in [6.07, 6.45) is 2.14. The number of benzene rings is 3. The van der Waals surface area contributed by atoms with Gasteiger partial charge < -0.3 is 4.90 Å². The van der Waals surface area contributed by atoms with Gasteiger partial charge in [-0.25, -0.2) is 4.39 Å². The molecular weight excluding hydrogens is 447 g/mol. The number of anilines is 1. The minimum absolute atomic E-state index is 0.0460. The molecule has 0 atom stereocenters. The number of nitrogens with zero attached hydrogens (tertiary/aromatic N) is 2. The second-order valence-corrected chi connectivity index (χ2v) is 10.4. The summed E-state index contributed by atoms with van der Waals surface area (Å²) >= 11 is 6.00. The van der Waals surface area contributed by atoms with Crippen LogP contribution in [0.2, 0.25) is 5.02 Å². The summed E-state index contributed by atoms with van der Waals surface area (Å²) in [6, 6.07) is 19.0. The predicted octanol–water partition coefficient (Wildman–Crippen LogP) is 6.22. The Morgan fingerprint density at radius 1 is 0.941 bits per heavy atom. The van der Waals surface area contributed by atoms with Gasteiger partial charge >= 0.3 is 0 Å². The highest BCUT2D eigenvalue weighted by Gasteiger charge is 2.46. The molecule has 3 aromatic rings. The van der Waals surface area contributed by atoms with Crippen LogP contribution in [0.3, 0.4) is 0 Å².